The molecule has 0 nitrogen and oxygen atoms in total. The van der Waals surface area contributed by atoms with E-state index < -0.39 is 0 Å². The van der Waals surface area contributed by atoms with Crippen LogP contribution in [-0.4, -0.2) is 0 Å². The second-order valence-electron chi connectivity index (χ2n) is 12.1. The van der Waals surface area contributed by atoms with Crippen LogP contribution in [0.3, 0.4) is 0 Å². The van der Waals surface area contributed by atoms with Crippen molar-refractivity contribution in [2.24, 2.45) is 0 Å². The molecule has 0 saturated heterocycles. The van der Waals surface area contributed by atoms with E-state index in [9.17, 15) is 0 Å². The van der Waals surface area contributed by atoms with Crippen LogP contribution in [0.4, 0.5) is 0 Å². The summed E-state index contributed by atoms with van der Waals surface area (Å²) < 4.78 is 0. The minimum absolute atomic E-state index is 1.22. The normalized spacial score (nSPS) is 11.5. The van der Waals surface area contributed by atoms with Crippen LogP contribution >= 0.6 is 0 Å². The van der Waals surface area contributed by atoms with Gasteiger partial charge in [0.25, 0.3) is 0 Å². The maximum atomic E-state index is 2.34. The second-order valence-corrected chi connectivity index (χ2v) is 12.1. The minimum atomic E-state index is 1.22. The van der Waals surface area contributed by atoms with Crippen LogP contribution < -0.4 is 0 Å². The van der Waals surface area contributed by atoms with E-state index in [1.54, 1.807) is 0 Å². The molecular formula is C46H30. The first-order chi connectivity index (χ1) is 22.8. The van der Waals surface area contributed by atoms with Crippen molar-refractivity contribution in [2.75, 3.05) is 0 Å². The lowest BCUT2D eigenvalue weighted by atomic mass is 9.83. The minimum Gasteiger partial charge on any atom is -0.0622 e. The highest BCUT2D eigenvalue weighted by molar-refractivity contribution is 6.22. The Morgan fingerprint density at radius 2 is 0.674 bits per heavy atom. The van der Waals surface area contributed by atoms with Gasteiger partial charge in [0.05, 0.1) is 0 Å². The third-order valence-corrected chi connectivity index (χ3v) is 9.47. The molecule has 9 aromatic rings. The van der Waals surface area contributed by atoms with Crippen molar-refractivity contribution in [3.63, 3.8) is 0 Å². The fourth-order valence-electron chi connectivity index (χ4n) is 7.31. The summed E-state index contributed by atoms with van der Waals surface area (Å²) in [6.07, 6.45) is 0. The van der Waals surface area contributed by atoms with Crippen LogP contribution in [0.5, 0.6) is 0 Å². The van der Waals surface area contributed by atoms with Gasteiger partial charge in [-0.25, -0.2) is 0 Å². The monoisotopic (exact) mass is 582 g/mol. The molecule has 0 heteroatoms. The zero-order valence-corrected chi connectivity index (χ0v) is 25.3. The molecule has 0 aromatic heterocycles. The highest BCUT2D eigenvalue weighted by Crippen LogP contribution is 2.46. The van der Waals surface area contributed by atoms with Gasteiger partial charge in [0.2, 0.25) is 0 Å². The fourth-order valence-corrected chi connectivity index (χ4v) is 7.31. The summed E-state index contributed by atoms with van der Waals surface area (Å²) in [4.78, 5) is 0. The first-order valence-corrected chi connectivity index (χ1v) is 15.9. The van der Waals surface area contributed by atoms with E-state index in [1.165, 1.54) is 87.6 Å². The lowest BCUT2D eigenvalue weighted by Crippen LogP contribution is -1.92. The summed E-state index contributed by atoms with van der Waals surface area (Å²) in [5.74, 6) is 0. The van der Waals surface area contributed by atoms with Crippen LogP contribution in [0, 0.1) is 0 Å². The molecule has 214 valence electrons. The summed E-state index contributed by atoms with van der Waals surface area (Å²) in [5.41, 5.74) is 9.99. The molecule has 0 unspecified atom stereocenters. The Morgan fingerprint density at radius 1 is 0.217 bits per heavy atom. The molecule has 9 aromatic carbocycles. The highest BCUT2D eigenvalue weighted by atomic mass is 14.2. The average molecular weight is 583 g/mol. The first kappa shape index (κ1) is 26.4. The van der Waals surface area contributed by atoms with Crippen LogP contribution in [0.15, 0.2) is 182 Å². The van der Waals surface area contributed by atoms with Gasteiger partial charge < -0.3 is 0 Å². The zero-order chi connectivity index (χ0) is 30.5. The van der Waals surface area contributed by atoms with E-state index in [1.807, 2.05) is 0 Å². The molecular weight excluding hydrogens is 553 g/mol. The maximum absolute atomic E-state index is 2.34. The second kappa shape index (κ2) is 10.9. The Kier molecular flexibility index (Phi) is 6.25. The number of hydrogen-bond acceptors (Lipinski definition) is 0. The smallest absolute Gasteiger partial charge is 0.00201 e. The largest absolute Gasteiger partial charge is 0.0622 e. The van der Waals surface area contributed by atoms with Crippen molar-refractivity contribution in [3.8, 4) is 44.5 Å². The predicted molar refractivity (Wildman–Crippen MR) is 198 cm³/mol. The lowest BCUT2D eigenvalue weighted by molar-refractivity contribution is 1.60. The molecule has 0 saturated carbocycles. The molecule has 0 spiro atoms. The average Bonchev–Trinajstić information content (AvgIpc) is 3.14. The van der Waals surface area contributed by atoms with Gasteiger partial charge in [-0.2, -0.15) is 0 Å². The Balaban J connectivity index is 1.23. The van der Waals surface area contributed by atoms with E-state index in [-0.39, 0.29) is 0 Å². The molecule has 0 aliphatic rings. The van der Waals surface area contributed by atoms with Gasteiger partial charge in [-0.15, -0.1) is 0 Å². The van der Waals surface area contributed by atoms with Gasteiger partial charge in [-0.05, 0) is 93.7 Å². The van der Waals surface area contributed by atoms with E-state index in [2.05, 4.69) is 182 Å². The summed E-state index contributed by atoms with van der Waals surface area (Å²) in [6.45, 7) is 0. The number of benzene rings is 9. The molecule has 0 aliphatic carbocycles. The Bertz CT molecular complexity index is 2500. The molecule has 0 fully saturated rings. The molecule has 9 rings (SSSR count). The summed E-state index contributed by atoms with van der Waals surface area (Å²) in [6, 6.07) is 66.5. The van der Waals surface area contributed by atoms with Crippen LogP contribution in [0.25, 0.3) is 87.6 Å². The molecule has 0 atom stereocenters. The first-order valence-electron chi connectivity index (χ1n) is 15.9. The number of fused-ring (bicyclic) bond motifs is 5. The van der Waals surface area contributed by atoms with Crippen LogP contribution in [-0.2, 0) is 0 Å². The maximum Gasteiger partial charge on any atom is -0.00201 e. The highest BCUT2D eigenvalue weighted by Gasteiger charge is 2.18. The van der Waals surface area contributed by atoms with Crippen molar-refractivity contribution in [1.82, 2.24) is 0 Å². The Morgan fingerprint density at radius 3 is 1.35 bits per heavy atom. The standard InChI is InChI=1S/C46H30/c1-2-12-32(13-3-1)37-15-6-7-17-39(37)46-42-20-10-8-18-40(42)45(41-19-9-11-21-43(41)46)35-27-22-31(23-28-35)36-29-26-34-25-24-33-14-4-5-16-38(33)44(34)30-36/h1-30H. The van der Waals surface area contributed by atoms with Crippen molar-refractivity contribution >= 4 is 43.1 Å². The lowest BCUT2D eigenvalue weighted by Gasteiger charge is -2.20. The Hall–Kier alpha value is -5.98. The van der Waals surface area contributed by atoms with E-state index in [4.69, 9.17) is 0 Å². The predicted octanol–water partition coefficient (Wildman–Crippen LogP) is 13.0. The van der Waals surface area contributed by atoms with Gasteiger partial charge in [0.1, 0.15) is 0 Å². The molecule has 0 heterocycles. The SMILES string of the molecule is c1ccc(-c2ccccc2-c2c3ccccc3c(-c3ccc(-c4ccc5ccc6ccccc6c5c4)cc3)c3ccccc23)cc1. The molecule has 0 amide bonds. The summed E-state index contributed by atoms with van der Waals surface area (Å²) in [5, 5.41) is 10.2. The van der Waals surface area contributed by atoms with E-state index in [0.29, 0.717) is 0 Å². The van der Waals surface area contributed by atoms with Crippen molar-refractivity contribution in [1.29, 1.82) is 0 Å². The van der Waals surface area contributed by atoms with Crippen LogP contribution in [0.1, 0.15) is 0 Å². The van der Waals surface area contributed by atoms with Crippen molar-refractivity contribution in [2.45, 2.75) is 0 Å². The van der Waals surface area contributed by atoms with Gasteiger partial charge in [0, 0.05) is 0 Å². The van der Waals surface area contributed by atoms with Gasteiger partial charge >= 0.3 is 0 Å². The van der Waals surface area contributed by atoms with Crippen LogP contribution in [0.2, 0.25) is 0 Å². The quantitative estimate of drug-likeness (QED) is 0.143. The third-order valence-electron chi connectivity index (χ3n) is 9.47. The van der Waals surface area contributed by atoms with Gasteiger partial charge in [-0.1, -0.05) is 176 Å². The molecule has 0 radical (unpaired) electrons. The number of rotatable bonds is 4. The van der Waals surface area contributed by atoms with Crippen molar-refractivity contribution < 1.29 is 0 Å². The Labute approximate surface area is 268 Å². The topological polar surface area (TPSA) is 0 Å². The summed E-state index contributed by atoms with van der Waals surface area (Å²) >= 11 is 0. The molecule has 0 aliphatic heterocycles. The van der Waals surface area contributed by atoms with E-state index in [0.717, 1.165) is 0 Å². The van der Waals surface area contributed by atoms with E-state index >= 15 is 0 Å². The third kappa shape index (κ3) is 4.30. The molecule has 0 N–H and O–H groups in total. The van der Waals surface area contributed by atoms with Gasteiger partial charge in [-0.3, -0.25) is 0 Å². The fraction of sp³-hybridized carbons (Fsp3) is 0. The molecule has 0 bridgehead atoms. The summed E-state index contributed by atoms with van der Waals surface area (Å²) in [7, 11) is 0. The van der Waals surface area contributed by atoms with Crippen molar-refractivity contribution in [3.05, 3.63) is 182 Å². The van der Waals surface area contributed by atoms with Gasteiger partial charge in [0.15, 0.2) is 0 Å². The zero-order valence-electron chi connectivity index (χ0n) is 25.3. The number of hydrogen-bond donors (Lipinski definition) is 0. The molecule has 46 heavy (non-hydrogen) atoms.